The minimum absolute atomic E-state index is 0.0844. The van der Waals surface area contributed by atoms with Gasteiger partial charge in [-0.1, -0.05) is 55.7 Å². The number of carbonyl (C=O) groups excluding carboxylic acids is 2. The van der Waals surface area contributed by atoms with E-state index in [1.807, 2.05) is 31.2 Å². The quantitative estimate of drug-likeness (QED) is 0.474. The number of aryl methyl sites for hydroxylation is 1. The van der Waals surface area contributed by atoms with Gasteiger partial charge in [-0.05, 0) is 67.1 Å². The minimum Gasteiger partial charge on any atom is -0.459 e. The van der Waals surface area contributed by atoms with Crippen LogP contribution in [0.25, 0.3) is 0 Å². The first-order valence-electron chi connectivity index (χ1n) is 12.0. The van der Waals surface area contributed by atoms with Crippen LogP contribution in [0.3, 0.4) is 0 Å². The number of amides is 2. The van der Waals surface area contributed by atoms with Crippen LogP contribution in [-0.2, 0) is 11.2 Å². The van der Waals surface area contributed by atoms with Gasteiger partial charge in [-0.25, -0.2) is 4.39 Å². The van der Waals surface area contributed by atoms with Gasteiger partial charge in [-0.2, -0.15) is 0 Å². The molecule has 1 saturated carbocycles. The molecule has 0 bridgehead atoms. The van der Waals surface area contributed by atoms with Crippen molar-refractivity contribution in [3.63, 3.8) is 0 Å². The van der Waals surface area contributed by atoms with Gasteiger partial charge in [0.1, 0.15) is 11.9 Å². The molecule has 2 aromatic carbocycles. The van der Waals surface area contributed by atoms with E-state index in [0.717, 1.165) is 36.8 Å². The number of carbonyl (C=O) groups is 2. The highest BCUT2D eigenvalue weighted by Gasteiger charge is 2.34. The van der Waals surface area contributed by atoms with Gasteiger partial charge < -0.3 is 14.6 Å². The first-order valence-corrected chi connectivity index (χ1v) is 12.0. The molecule has 0 radical (unpaired) electrons. The van der Waals surface area contributed by atoms with Crippen molar-refractivity contribution in [1.82, 2.24) is 10.2 Å². The number of benzene rings is 2. The number of rotatable bonds is 8. The van der Waals surface area contributed by atoms with Crippen molar-refractivity contribution in [2.75, 3.05) is 6.54 Å². The Hall–Kier alpha value is -3.41. The zero-order valence-electron chi connectivity index (χ0n) is 19.5. The Balaban J connectivity index is 1.67. The first kappa shape index (κ1) is 23.7. The summed E-state index contributed by atoms with van der Waals surface area (Å²) in [5.41, 5.74) is 2.79. The summed E-state index contributed by atoms with van der Waals surface area (Å²) in [6, 6.07) is 16.3. The molecule has 0 saturated heterocycles. The third-order valence-corrected chi connectivity index (χ3v) is 6.57. The molecular weight excluding hydrogens is 431 g/mol. The van der Waals surface area contributed by atoms with Gasteiger partial charge in [0, 0.05) is 12.6 Å². The molecule has 178 valence electrons. The van der Waals surface area contributed by atoms with Crippen molar-refractivity contribution in [1.29, 1.82) is 0 Å². The Morgan fingerprint density at radius 3 is 2.44 bits per heavy atom. The molecule has 2 amide bonds. The number of nitrogens with zero attached hydrogens (tertiary/aromatic N) is 1. The van der Waals surface area contributed by atoms with Gasteiger partial charge in [-0.3, -0.25) is 9.59 Å². The Bertz CT molecular complexity index is 1090. The number of furan rings is 1. The third-order valence-electron chi connectivity index (χ3n) is 6.57. The summed E-state index contributed by atoms with van der Waals surface area (Å²) < 4.78 is 19.1. The maximum absolute atomic E-state index is 13.7. The van der Waals surface area contributed by atoms with Gasteiger partial charge in [-0.15, -0.1) is 0 Å². The van der Waals surface area contributed by atoms with Crippen LogP contribution in [0.2, 0.25) is 0 Å². The number of hydrogen-bond donors (Lipinski definition) is 1. The summed E-state index contributed by atoms with van der Waals surface area (Å²) in [4.78, 5) is 28.8. The highest BCUT2D eigenvalue weighted by molar-refractivity contribution is 5.96. The van der Waals surface area contributed by atoms with Crippen LogP contribution in [-0.4, -0.2) is 29.3 Å². The van der Waals surface area contributed by atoms with Crippen LogP contribution in [0.4, 0.5) is 4.39 Å². The topological polar surface area (TPSA) is 62.6 Å². The second kappa shape index (κ2) is 11.1. The van der Waals surface area contributed by atoms with Crippen LogP contribution in [0.15, 0.2) is 71.3 Å². The van der Waals surface area contributed by atoms with E-state index in [0.29, 0.717) is 18.5 Å². The summed E-state index contributed by atoms with van der Waals surface area (Å²) in [7, 11) is 0. The second-order valence-corrected chi connectivity index (χ2v) is 8.95. The molecule has 1 aromatic heterocycles. The largest absolute Gasteiger partial charge is 0.459 e. The lowest BCUT2D eigenvalue weighted by atomic mass is 9.94. The Kier molecular flexibility index (Phi) is 7.78. The highest BCUT2D eigenvalue weighted by atomic mass is 19.1. The molecule has 0 spiro atoms. The lowest BCUT2D eigenvalue weighted by Gasteiger charge is -2.33. The molecule has 1 atom stereocenters. The summed E-state index contributed by atoms with van der Waals surface area (Å²) >= 11 is 0. The van der Waals surface area contributed by atoms with Crippen molar-refractivity contribution >= 4 is 11.8 Å². The van der Waals surface area contributed by atoms with Crippen LogP contribution in [0.5, 0.6) is 0 Å². The monoisotopic (exact) mass is 462 g/mol. The summed E-state index contributed by atoms with van der Waals surface area (Å²) in [5.74, 6) is -0.837. The minimum atomic E-state index is -0.899. The van der Waals surface area contributed by atoms with E-state index in [4.69, 9.17) is 4.42 Å². The lowest BCUT2D eigenvalue weighted by Crippen LogP contribution is -2.47. The molecule has 34 heavy (non-hydrogen) atoms. The van der Waals surface area contributed by atoms with Crippen LogP contribution < -0.4 is 5.32 Å². The van der Waals surface area contributed by atoms with Crippen LogP contribution >= 0.6 is 0 Å². The second-order valence-electron chi connectivity index (χ2n) is 8.95. The third kappa shape index (κ3) is 5.74. The summed E-state index contributed by atoms with van der Waals surface area (Å²) in [6.45, 7) is 2.34. The van der Waals surface area contributed by atoms with E-state index < -0.39 is 6.04 Å². The van der Waals surface area contributed by atoms with Crippen molar-refractivity contribution in [2.24, 2.45) is 0 Å². The molecule has 1 aliphatic rings. The fraction of sp³-hybridized carbons (Fsp3) is 0.357. The highest BCUT2D eigenvalue weighted by Crippen LogP contribution is 2.27. The van der Waals surface area contributed by atoms with Gasteiger partial charge in [0.25, 0.3) is 5.91 Å². The molecule has 4 rings (SSSR count). The zero-order valence-corrected chi connectivity index (χ0v) is 19.5. The molecule has 5 nitrogen and oxygen atoms in total. The van der Waals surface area contributed by atoms with Gasteiger partial charge >= 0.3 is 0 Å². The molecule has 6 heteroatoms. The van der Waals surface area contributed by atoms with Crippen molar-refractivity contribution in [3.05, 3.63) is 95.2 Å². The van der Waals surface area contributed by atoms with Crippen molar-refractivity contribution in [3.8, 4) is 0 Å². The molecular formula is C28H31FN2O3. The Labute approximate surface area is 200 Å². The molecule has 0 aliphatic heterocycles. The average molecular weight is 463 g/mol. The number of halogens is 1. The number of nitrogens with one attached hydrogen (secondary N) is 1. The molecule has 1 fully saturated rings. The standard InChI is InChI=1S/C28H31FN2O3/c1-20-8-5-6-9-21(20)17-18-31(28(33)25-12-7-19-34-25)26(22-13-15-23(29)16-14-22)27(32)30-24-10-3-2-4-11-24/h5-9,12-16,19,24,26H,2-4,10-11,17-18H2,1H3,(H,30,32)/t26-/m0/s1. The van der Waals surface area contributed by atoms with Gasteiger partial charge in [0.15, 0.2) is 5.76 Å². The molecule has 0 unspecified atom stereocenters. The smallest absolute Gasteiger partial charge is 0.290 e. The SMILES string of the molecule is Cc1ccccc1CCN(C(=O)c1ccco1)[C@H](C(=O)NC1CCCCC1)c1ccc(F)cc1. The van der Waals surface area contributed by atoms with E-state index in [1.165, 1.54) is 24.8 Å². The normalized spacial score (nSPS) is 15.0. The van der Waals surface area contributed by atoms with E-state index in [1.54, 1.807) is 29.2 Å². The van der Waals surface area contributed by atoms with Crippen LogP contribution in [0, 0.1) is 12.7 Å². The van der Waals surface area contributed by atoms with Gasteiger partial charge in [0.2, 0.25) is 5.91 Å². The molecule has 1 N–H and O–H groups in total. The Morgan fingerprint density at radius 2 is 1.76 bits per heavy atom. The Morgan fingerprint density at radius 1 is 1.03 bits per heavy atom. The average Bonchev–Trinajstić information content (AvgIpc) is 3.39. The summed E-state index contributed by atoms with van der Waals surface area (Å²) in [5, 5.41) is 3.17. The number of hydrogen-bond acceptors (Lipinski definition) is 3. The van der Waals surface area contributed by atoms with E-state index >= 15 is 0 Å². The lowest BCUT2D eigenvalue weighted by molar-refractivity contribution is -0.126. The predicted octanol–water partition coefficient (Wildman–Crippen LogP) is 5.60. The fourth-order valence-electron chi connectivity index (χ4n) is 4.67. The first-order chi connectivity index (χ1) is 16.5. The van der Waals surface area contributed by atoms with E-state index in [9.17, 15) is 14.0 Å². The van der Waals surface area contributed by atoms with E-state index in [-0.39, 0.29) is 29.4 Å². The fourth-order valence-corrected chi connectivity index (χ4v) is 4.67. The zero-order chi connectivity index (χ0) is 23.9. The summed E-state index contributed by atoms with van der Waals surface area (Å²) in [6.07, 6.45) is 7.21. The molecule has 3 aromatic rings. The maximum Gasteiger partial charge on any atom is 0.290 e. The maximum atomic E-state index is 13.7. The van der Waals surface area contributed by atoms with Crippen LogP contribution in [0.1, 0.15) is 65.4 Å². The van der Waals surface area contributed by atoms with Crippen molar-refractivity contribution < 1.29 is 18.4 Å². The predicted molar refractivity (Wildman–Crippen MR) is 129 cm³/mol. The molecule has 1 heterocycles. The molecule has 1 aliphatic carbocycles. The van der Waals surface area contributed by atoms with Gasteiger partial charge in [0.05, 0.1) is 6.26 Å². The van der Waals surface area contributed by atoms with Crippen molar-refractivity contribution in [2.45, 2.75) is 57.5 Å². The van der Waals surface area contributed by atoms with E-state index in [2.05, 4.69) is 5.32 Å².